The van der Waals surface area contributed by atoms with Gasteiger partial charge in [0.2, 0.25) is 0 Å². The van der Waals surface area contributed by atoms with Crippen molar-refractivity contribution < 1.29 is 23.8 Å². The maximum atomic E-state index is 14.8. The van der Waals surface area contributed by atoms with Crippen molar-refractivity contribution in [3.05, 3.63) is 70.7 Å². The molecule has 2 amide bonds. The van der Waals surface area contributed by atoms with Gasteiger partial charge in [-0.25, -0.2) is 9.18 Å². The first-order chi connectivity index (χ1) is 19.1. The number of allylic oxidation sites excluding steroid dienone is 3. The molecule has 1 unspecified atom stereocenters. The number of nitrogens with one attached hydrogen (secondary N) is 3. The molecule has 0 saturated heterocycles. The zero-order valence-corrected chi connectivity index (χ0v) is 23.9. The zero-order chi connectivity index (χ0) is 29.8. The lowest BCUT2D eigenvalue weighted by Crippen LogP contribution is -2.39. The third-order valence-electron chi connectivity index (χ3n) is 6.80. The lowest BCUT2D eigenvalue weighted by molar-refractivity contribution is 0.0618. The molecular weight excluding hydrogens is 513 g/mol. The van der Waals surface area contributed by atoms with Gasteiger partial charge in [0.1, 0.15) is 17.8 Å². The number of aliphatic hydroxyl groups excluding tert-OH is 1. The van der Waals surface area contributed by atoms with E-state index in [2.05, 4.69) is 11.9 Å². The SMILES string of the molecule is C=C(/C=C\C=C(/C)C(=N)N(C=N)C(C)CO)NC(=O)c1cc2c(cc1F)CCN(C(=O)OC1CCCC1)C2.CC. The highest BCUT2D eigenvalue weighted by atomic mass is 19.1. The van der Waals surface area contributed by atoms with Crippen LogP contribution in [0.15, 0.2) is 48.2 Å². The van der Waals surface area contributed by atoms with Crippen LogP contribution in [0.5, 0.6) is 0 Å². The molecule has 40 heavy (non-hydrogen) atoms. The Labute approximate surface area is 236 Å². The number of carbonyl (C=O) groups is 2. The van der Waals surface area contributed by atoms with Gasteiger partial charge in [0.15, 0.2) is 0 Å². The second kappa shape index (κ2) is 15.7. The van der Waals surface area contributed by atoms with E-state index in [0.29, 0.717) is 24.1 Å². The molecule has 9 nitrogen and oxygen atoms in total. The van der Waals surface area contributed by atoms with Crippen LogP contribution in [0.4, 0.5) is 9.18 Å². The minimum absolute atomic E-state index is 0.0409. The van der Waals surface area contributed by atoms with Crippen LogP contribution >= 0.6 is 0 Å². The fourth-order valence-corrected chi connectivity index (χ4v) is 4.48. The Hall–Kier alpha value is -3.79. The monoisotopic (exact) mass is 555 g/mol. The van der Waals surface area contributed by atoms with Crippen LogP contribution in [-0.4, -0.2) is 64.4 Å². The van der Waals surface area contributed by atoms with Gasteiger partial charge in [-0.2, -0.15) is 0 Å². The highest BCUT2D eigenvalue weighted by Crippen LogP contribution is 2.26. The molecule has 3 rings (SSSR count). The first-order valence-electron chi connectivity index (χ1n) is 13.7. The Morgan fingerprint density at radius 2 is 1.98 bits per heavy atom. The molecule has 1 atom stereocenters. The third-order valence-corrected chi connectivity index (χ3v) is 6.80. The largest absolute Gasteiger partial charge is 0.446 e. The maximum absolute atomic E-state index is 14.8. The summed E-state index contributed by atoms with van der Waals surface area (Å²) in [5, 5.41) is 27.5. The average molecular weight is 556 g/mol. The summed E-state index contributed by atoms with van der Waals surface area (Å²) in [7, 11) is 0. The number of rotatable bonds is 9. The first-order valence-corrected chi connectivity index (χ1v) is 13.7. The van der Waals surface area contributed by atoms with Gasteiger partial charge in [-0.15, -0.1) is 0 Å². The van der Waals surface area contributed by atoms with Crippen LogP contribution in [-0.2, 0) is 17.7 Å². The average Bonchev–Trinajstić information content (AvgIpc) is 3.46. The molecule has 1 aliphatic heterocycles. The van der Waals surface area contributed by atoms with E-state index in [1.54, 1.807) is 30.9 Å². The molecule has 1 aromatic rings. The summed E-state index contributed by atoms with van der Waals surface area (Å²) >= 11 is 0. The van der Waals surface area contributed by atoms with Gasteiger partial charge in [0, 0.05) is 18.8 Å². The molecule has 0 spiro atoms. The highest BCUT2D eigenvalue weighted by Gasteiger charge is 2.27. The van der Waals surface area contributed by atoms with Gasteiger partial charge >= 0.3 is 6.09 Å². The van der Waals surface area contributed by atoms with E-state index in [4.69, 9.17) is 15.6 Å². The Balaban J connectivity index is 0.00000274. The van der Waals surface area contributed by atoms with Crippen molar-refractivity contribution in [1.29, 1.82) is 10.8 Å². The molecule has 0 bridgehead atoms. The summed E-state index contributed by atoms with van der Waals surface area (Å²) in [6, 6.07) is 2.41. The van der Waals surface area contributed by atoms with Crippen molar-refractivity contribution in [2.24, 2.45) is 0 Å². The van der Waals surface area contributed by atoms with E-state index in [1.807, 2.05) is 13.8 Å². The number of benzene rings is 1. The van der Waals surface area contributed by atoms with E-state index in [1.165, 1.54) is 23.1 Å². The van der Waals surface area contributed by atoms with Crippen molar-refractivity contribution in [2.75, 3.05) is 13.2 Å². The number of amides is 2. The van der Waals surface area contributed by atoms with Gasteiger partial charge in [-0.05, 0) is 80.9 Å². The number of hydrogen-bond donors (Lipinski definition) is 4. The van der Waals surface area contributed by atoms with Crippen molar-refractivity contribution in [3.63, 3.8) is 0 Å². The predicted molar refractivity (Wildman–Crippen MR) is 155 cm³/mol. The van der Waals surface area contributed by atoms with Gasteiger partial charge in [0.05, 0.1) is 24.6 Å². The van der Waals surface area contributed by atoms with Gasteiger partial charge in [-0.1, -0.05) is 32.6 Å². The van der Waals surface area contributed by atoms with Crippen LogP contribution in [0.3, 0.4) is 0 Å². The van der Waals surface area contributed by atoms with E-state index in [9.17, 15) is 19.1 Å². The summed E-state index contributed by atoms with van der Waals surface area (Å²) in [5.41, 5.74) is 2.08. The number of aliphatic hydroxyl groups is 1. The number of nitrogens with zero attached hydrogens (tertiary/aromatic N) is 2. The lowest BCUT2D eigenvalue weighted by atomic mass is 9.96. The Kier molecular flexibility index (Phi) is 12.7. The second-order valence-corrected chi connectivity index (χ2v) is 9.67. The van der Waals surface area contributed by atoms with Crippen LogP contribution < -0.4 is 5.32 Å². The topological polar surface area (TPSA) is 130 Å². The molecular formula is C30H42FN5O4. The zero-order valence-electron chi connectivity index (χ0n) is 23.9. The van der Waals surface area contributed by atoms with E-state index in [-0.39, 0.29) is 42.4 Å². The van der Waals surface area contributed by atoms with Crippen molar-refractivity contribution in [1.82, 2.24) is 15.1 Å². The number of carbonyl (C=O) groups excluding carboxylic acids is 2. The summed E-state index contributed by atoms with van der Waals surface area (Å²) in [4.78, 5) is 28.3. The number of fused-ring (bicyclic) bond motifs is 1. The van der Waals surface area contributed by atoms with Crippen LogP contribution in [0.1, 0.15) is 74.9 Å². The van der Waals surface area contributed by atoms with E-state index in [0.717, 1.165) is 37.6 Å². The van der Waals surface area contributed by atoms with E-state index < -0.39 is 17.8 Å². The molecule has 1 aromatic carbocycles. The van der Waals surface area contributed by atoms with Crippen molar-refractivity contribution >= 4 is 24.2 Å². The predicted octanol–water partition coefficient (Wildman–Crippen LogP) is 5.30. The molecule has 10 heteroatoms. The van der Waals surface area contributed by atoms with Crippen LogP contribution in [0.25, 0.3) is 0 Å². The summed E-state index contributed by atoms with van der Waals surface area (Å²) in [6.07, 6.45) is 9.63. The Morgan fingerprint density at radius 1 is 1.30 bits per heavy atom. The molecule has 1 aliphatic carbocycles. The number of ether oxygens (including phenoxy) is 1. The van der Waals surface area contributed by atoms with Crippen LogP contribution in [0, 0.1) is 16.6 Å². The molecule has 218 valence electrons. The lowest BCUT2D eigenvalue weighted by Gasteiger charge is -2.29. The molecule has 0 radical (unpaired) electrons. The summed E-state index contributed by atoms with van der Waals surface area (Å²) < 4.78 is 20.4. The molecule has 1 fully saturated rings. The molecule has 1 heterocycles. The number of halogens is 1. The molecule has 4 N–H and O–H groups in total. The standard InChI is InChI=1S/C28H36FN5O4.C2H6/c1-18(26(31)34(17-30)20(3)16-35)7-6-8-19(2)32-27(36)24-13-22-15-33(12-11-21(22)14-25(24)29)28(37)38-23-9-4-5-10-23;1-2/h6-8,13-14,17,20,23,30-31,35H,2,4-5,9-12,15-16H2,1,3H3,(H,32,36);1-2H3/b8-6-,18-7+,30-17?,31-26?;. The van der Waals surface area contributed by atoms with Gasteiger partial charge in [0.25, 0.3) is 5.91 Å². The quantitative estimate of drug-likeness (QED) is 0.187. The van der Waals surface area contributed by atoms with E-state index >= 15 is 0 Å². The highest BCUT2D eigenvalue weighted by molar-refractivity contribution is 6.01. The van der Waals surface area contributed by atoms with Gasteiger partial charge < -0.3 is 25.0 Å². The van der Waals surface area contributed by atoms with Crippen molar-refractivity contribution in [3.8, 4) is 0 Å². The Bertz CT molecular complexity index is 1160. The minimum atomic E-state index is -0.661. The van der Waals surface area contributed by atoms with Crippen molar-refractivity contribution in [2.45, 2.75) is 78.5 Å². The first kappa shape index (κ1) is 32.4. The number of amidine groups is 1. The number of hydrogen-bond acceptors (Lipinski definition) is 6. The fourth-order valence-electron chi connectivity index (χ4n) is 4.48. The molecule has 0 aromatic heterocycles. The second-order valence-electron chi connectivity index (χ2n) is 9.67. The third kappa shape index (κ3) is 8.61. The Morgan fingerprint density at radius 3 is 2.60 bits per heavy atom. The molecule has 1 saturated carbocycles. The van der Waals surface area contributed by atoms with Crippen LogP contribution in [0.2, 0.25) is 0 Å². The summed E-state index contributed by atoms with van der Waals surface area (Å²) in [6.45, 7) is 11.6. The fraction of sp³-hybridized carbons (Fsp3) is 0.467. The smallest absolute Gasteiger partial charge is 0.410 e. The normalized spacial score (nSPS) is 15.9. The summed E-state index contributed by atoms with van der Waals surface area (Å²) in [5.74, 6) is -1.25. The minimum Gasteiger partial charge on any atom is -0.446 e. The molecule has 2 aliphatic rings. The maximum Gasteiger partial charge on any atom is 0.410 e. The van der Waals surface area contributed by atoms with Gasteiger partial charge in [-0.3, -0.25) is 15.6 Å².